The van der Waals surface area contributed by atoms with Crippen molar-refractivity contribution in [3.05, 3.63) is 80.8 Å². The van der Waals surface area contributed by atoms with Gasteiger partial charge in [-0.2, -0.15) is 13.9 Å². The molecule has 0 radical (unpaired) electrons. The van der Waals surface area contributed by atoms with Gasteiger partial charge in [-0.3, -0.25) is 14.5 Å². The molecule has 1 aromatic carbocycles. The Balaban J connectivity index is 0.000000156. The number of hydrogen-bond donors (Lipinski definition) is 2. The smallest absolute Gasteiger partial charge is 0.293 e. The van der Waals surface area contributed by atoms with Gasteiger partial charge in [-0.05, 0) is 70.9 Å². The van der Waals surface area contributed by atoms with Crippen molar-refractivity contribution in [3.63, 3.8) is 0 Å². The summed E-state index contributed by atoms with van der Waals surface area (Å²) in [7, 11) is 0. The van der Waals surface area contributed by atoms with Crippen molar-refractivity contribution >= 4 is 32.9 Å². The lowest BCUT2D eigenvalue weighted by Gasteiger charge is -2.14. The molecule has 2 atom stereocenters. The number of H-pyrrole nitrogens is 1. The number of benzene rings is 1. The van der Waals surface area contributed by atoms with Crippen LogP contribution in [-0.4, -0.2) is 25.7 Å². The normalized spacial score (nSPS) is 18.7. The molecule has 38 heavy (non-hydrogen) atoms. The topological polar surface area (TPSA) is 89.6 Å². The molecule has 0 saturated heterocycles. The van der Waals surface area contributed by atoms with Gasteiger partial charge >= 0.3 is 0 Å². The summed E-state index contributed by atoms with van der Waals surface area (Å²) in [6.07, 6.45) is 0.251. The summed E-state index contributed by atoms with van der Waals surface area (Å²) in [6.45, 7) is -0.607. The summed E-state index contributed by atoms with van der Waals surface area (Å²) >= 11 is 3.47. The van der Waals surface area contributed by atoms with Gasteiger partial charge in [0, 0.05) is 28.2 Å². The number of aromatic amines is 1. The fraction of sp³-hybridized carbons (Fsp3) is 0.320. The standard InChI is InChI=1S/C15H11BrF2N2.C10H9F4N3O/c16-12-8-15-14(3-4-19-15)20-13(12)2-1-9-5-10(17)7-11(18)6-9;11-9(12)7-6-3-1-4(3)10(13,14)8(6)17(16-7)2-5(15)18/h3-8,19H,1-2H2;3-4,9H,1-2H2,(H2,15,18). The lowest BCUT2D eigenvalue weighted by Crippen LogP contribution is -2.26. The summed E-state index contributed by atoms with van der Waals surface area (Å²) in [5.74, 6) is -6.67. The van der Waals surface area contributed by atoms with Crippen molar-refractivity contribution in [2.24, 2.45) is 11.7 Å². The van der Waals surface area contributed by atoms with E-state index in [1.165, 1.54) is 12.1 Å². The summed E-state index contributed by atoms with van der Waals surface area (Å²) in [5.41, 5.74) is 6.97. The minimum Gasteiger partial charge on any atom is -0.368 e. The second-order valence-corrected chi connectivity index (χ2v) is 10.1. The maximum atomic E-state index is 13.9. The number of alkyl halides is 4. The first-order valence-electron chi connectivity index (χ1n) is 11.6. The Hall–Kier alpha value is -3.35. The molecule has 0 aliphatic heterocycles. The largest absolute Gasteiger partial charge is 0.368 e. The maximum Gasteiger partial charge on any atom is 0.293 e. The van der Waals surface area contributed by atoms with Crippen molar-refractivity contribution in [2.45, 2.75) is 44.1 Å². The highest BCUT2D eigenvalue weighted by atomic mass is 79.9. The Kier molecular flexibility index (Phi) is 6.74. The Labute approximate surface area is 220 Å². The van der Waals surface area contributed by atoms with Gasteiger partial charge in [0.05, 0.1) is 16.7 Å². The monoisotopic (exact) mass is 599 g/mol. The zero-order valence-electron chi connectivity index (χ0n) is 19.5. The second kappa shape index (κ2) is 9.75. The van der Waals surface area contributed by atoms with Crippen LogP contribution in [0.3, 0.4) is 0 Å². The van der Waals surface area contributed by atoms with Gasteiger partial charge < -0.3 is 10.7 Å². The first-order valence-corrected chi connectivity index (χ1v) is 12.4. The van der Waals surface area contributed by atoms with Crippen LogP contribution in [0.5, 0.6) is 0 Å². The van der Waals surface area contributed by atoms with Gasteiger partial charge in [0.2, 0.25) is 5.91 Å². The van der Waals surface area contributed by atoms with Crippen molar-refractivity contribution < 1.29 is 31.1 Å². The summed E-state index contributed by atoms with van der Waals surface area (Å²) in [5, 5.41) is 3.43. The first-order chi connectivity index (χ1) is 18.0. The Morgan fingerprint density at radius 3 is 2.55 bits per heavy atom. The molecule has 2 aliphatic rings. The predicted octanol–water partition coefficient (Wildman–Crippen LogP) is 5.90. The lowest BCUT2D eigenvalue weighted by molar-refractivity contribution is -0.119. The van der Waals surface area contributed by atoms with Crippen molar-refractivity contribution in [1.82, 2.24) is 19.7 Å². The molecule has 1 saturated carbocycles. The molecule has 0 spiro atoms. The minimum absolute atomic E-state index is 0.0822. The van der Waals surface area contributed by atoms with Crippen LogP contribution < -0.4 is 5.73 Å². The third-order valence-corrected chi connectivity index (χ3v) is 7.29. The van der Waals surface area contributed by atoms with E-state index in [1.807, 2.05) is 18.3 Å². The number of aryl methyl sites for hydroxylation is 2. The average molecular weight is 600 g/mol. The molecule has 2 unspecified atom stereocenters. The zero-order chi connectivity index (χ0) is 27.4. The van der Waals surface area contributed by atoms with Crippen LogP contribution in [0.1, 0.15) is 47.0 Å². The third kappa shape index (κ3) is 4.91. The Morgan fingerprint density at radius 2 is 1.89 bits per heavy atom. The van der Waals surface area contributed by atoms with Crippen LogP contribution in [0.2, 0.25) is 0 Å². The Bertz CT molecular complexity index is 1510. The molecule has 2 aliphatic carbocycles. The molecule has 3 heterocycles. The van der Waals surface area contributed by atoms with Crippen molar-refractivity contribution in [2.75, 3.05) is 0 Å². The van der Waals surface area contributed by atoms with Crippen molar-refractivity contribution in [3.8, 4) is 0 Å². The second-order valence-electron chi connectivity index (χ2n) is 9.25. The molecule has 13 heteroatoms. The zero-order valence-corrected chi connectivity index (χ0v) is 21.1. The number of nitrogens with two attached hydrogens (primary N) is 1. The van der Waals surface area contributed by atoms with E-state index in [0.29, 0.717) is 23.1 Å². The molecule has 3 N–H and O–H groups in total. The van der Waals surface area contributed by atoms with Gasteiger partial charge in [-0.1, -0.05) is 0 Å². The van der Waals surface area contributed by atoms with E-state index in [9.17, 15) is 31.1 Å². The van der Waals surface area contributed by atoms with Crippen LogP contribution in [0.15, 0.2) is 41.0 Å². The van der Waals surface area contributed by atoms with Crippen LogP contribution >= 0.6 is 15.9 Å². The number of hydrogen-bond acceptors (Lipinski definition) is 3. The van der Waals surface area contributed by atoms with E-state index in [-0.39, 0.29) is 12.0 Å². The summed E-state index contributed by atoms with van der Waals surface area (Å²) < 4.78 is 81.1. The number of carbonyl (C=O) groups excluding carboxylic acids is 1. The van der Waals surface area contributed by atoms with Gasteiger partial charge in [0.25, 0.3) is 12.3 Å². The van der Waals surface area contributed by atoms with Gasteiger partial charge in [-0.25, -0.2) is 17.6 Å². The van der Waals surface area contributed by atoms with E-state index in [4.69, 9.17) is 5.73 Å². The molecule has 3 aromatic heterocycles. The summed E-state index contributed by atoms with van der Waals surface area (Å²) in [6, 6.07) is 7.44. The van der Waals surface area contributed by atoms with Gasteiger partial charge in [0.15, 0.2) is 0 Å². The van der Waals surface area contributed by atoms with E-state index >= 15 is 0 Å². The Morgan fingerprint density at radius 1 is 1.18 bits per heavy atom. The highest BCUT2D eigenvalue weighted by molar-refractivity contribution is 9.10. The number of primary amides is 1. The molecule has 6 rings (SSSR count). The number of carbonyl (C=O) groups is 1. The molecule has 1 amide bonds. The average Bonchev–Trinajstić information content (AvgIpc) is 3.25. The van der Waals surface area contributed by atoms with Crippen LogP contribution in [0, 0.1) is 17.6 Å². The molecule has 0 bridgehead atoms. The molecular formula is C25H20BrF6N5O. The van der Waals surface area contributed by atoms with E-state index in [2.05, 4.69) is 31.0 Å². The van der Waals surface area contributed by atoms with Crippen molar-refractivity contribution in [1.29, 1.82) is 0 Å². The molecular weight excluding hydrogens is 580 g/mol. The van der Waals surface area contributed by atoms with E-state index in [1.54, 1.807) is 0 Å². The number of amides is 1. The summed E-state index contributed by atoms with van der Waals surface area (Å²) in [4.78, 5) is 18.4. The van der Waals surface area contributed by atoms with E-state index in [0.717, 1.165) is 27.3 Å². The predicted molar refractivity (Wildman–Crippen MR) is 129 cm³/mol. The first kappa shape index (κ1) is 26.3. The molecule has 200 valence electrons. The number of fused-ring (bicyclic) bond motifs is 4. The number of rotatable bonds is 6. The van der Waals surface area contributed by atoms with Gasteiger partial charge in [-0.15, -0.1) is 0 Å². The minimum atomic E-state index is -3.20. The van der Waals surface area contributed by atoms with Crippen LogP contribution in [0.25, 0.3) is 11.0 Å². The quantitative estimate of drug-likeness (QED) is 0.270. The fourth-order valence-electron chi connectivity index (χ4n) is 4.91. The third-order valence-electron chi connectivity index (χ3n) is 6.60. The SMILES string of the molecule is Fc1cc(F)cc(CCc2nc3cc[nH]c3cc2Br)c1.NC(=O)Cn1nc(C(F)F)c2c1C(F)(F)C1CC21. The number of aromatic nitrogens is 4. The van der Waals surface area contributed by atoms with E-state index < -0.39 is 59.7 Å². The van der Waals surface area contributed by atoms with Gasteiger partial charge in [0.1, 0.15) is 29.6 Å². The fourth-order valence-corrected chi connectivity index (χ4v) is 5.43. The molecule has 4 aromatic rings. The number of nitrogens with one attached hydrogen (secondary N) is 1. The number of halogens is 7. The van der Waals surface area contributed by atoms with Crippen LogP contribution in [-0.2, 0) is 30.1 Å². The van der Waals surface area contributed by atoms with Crippen LogP contribution in [0.4, 0.5) is 26.3 Å². The lowest BCUT2D eigenvalue weighted by atomic mass is 10.1. The highest BCUT2D eigenvalue weighted by Crippen LogP contribution is 2.68. The number of nitrogens with zero attached hydrogens (tertiary/aromatic N) is 3. The molecule has 6 nitrogen and oxygen atoms in total. The molecule has 1 fully saturated rings. The highest BCUT2D eigenvalue weighted by Gasteiger charge is 2.67. The number of pyridine rings is 1. The maximum absolute atomic E-state index is 13.9.